The first kappa shape index (κ1) is 36.7. The van der Waals surface area contributed by atoms with E-state index in [2.05, 4.69) is 19.1 Å². The lowest BCUT2D eigenvalue weighted by Gasteiger charge is -2.20. The van der Waals surface area contributed by atoms with Gasteiger partial charge in [0.1, 0.15) is 12.2 Å². The Kier molecular flexibility index (Phi) is 23.9. The van der Waals surface area contributed by atoms with Gasteiger partial charge in [0.25, 0.3) is 0 Å². The Balaban J connectivity index is 3.96. The Hall–Kier alpha value is -1.29. The second kappa shape index (κ2) is 24.7. The monoisotopic (exact) mass is 566 g/mol. The van der Waals surface area contributed by atoms with Crippen LogP contribution in [-0.2, 0) is 32.7 Å². The highest BCUT2D eigenvalue weighted by Gasteiger charge is 2.27. The SMILES string of the molecule is CCCCCCC/C=C\CCCCCCCC(=O)OC(CO)COP(=O)(O)OCC(CO)OC(=O)CCC. The van der Waals surface area contributed by atoms with Crippen LogP contribution >= 0.6 is 7.82 Å². The number of phosphoric ester groups is 1. The van der Waals surface area contributed by atoms with Crippen LogP contribution in [0.5, 0.6) is 0 Å². The van der Waals surface area contributed by atoms with Crippen molar-refractivity contribution in [2.24, 2.45) is 0 Å². The molecule has 10 nitrogen and oxygen atoms in total. The molecule has 0 heterocycles. The zero-order valence-corrected chi connectivity index (χ0v) is 24.3. The molecule has 0 rings (SSSR count). The number of esters is 2. The largest absolute Gasteiger partial charge is 0.472 e. The van der Waals surface area contributed by atoms with Crippen LogP contribution in [0, 0.1) is 0 Å². The fourth-order valence-electron chi connectivity index (χ4n) is 3.50. The van der Waals surface area contributed by atoms with E-state index in [4.69, 9.17) is 18.5 Å². The van der Waals surface area contributed by atoms with Crippen molar-refractivity contribution in [1.82, 2.24) is 0 Å². The maximum absolute atomic E-state index is 12.0. The molecule has 0 aromatic heterocycles. The lowest BCUT2D eigenvalue weighted by molar-refractivity contribution is -0.153. The summed E-state index contributed by atoms with van der Waals surface area (Å²) < 4.78 is 31.6. The number of phosphoric acid groups is 1. The Morgan fingerprint density at radius 3 is 1.61 bits per heavy atom. The molecule has 3 atom stereocenters. The highest BCUT2D eigenvalue weighted by atomic mass is 31.2. The van der Waals surface area contributed by atoms with Crippen molar-refractivity contribution in [3.8, 4) is 0 Å². The molecule has 0 amide bonds. The van der Waals surface area contributed by atoms with Crippen LogP contribution in [-0.4, -0.2) is 65.7 Å². The van der Waals surface area contributed by atoms with E-state index in [0.717, 1.165) is 38.5 Å². The van der Waals surface area contributed by atoms with Gasteiger partial charge in [-0.15, -0.1) is 0 Å². The van der Waals surface area contributed by atoms with Crippen LogP contribution < -0.4 is 0 Å². The van der Waals surface area contributed by atoms with Crippen molar-refractivity contribution in [3.63, 3.8) is 0 Å². The third kappa shape index (κ3) is 22.7. The van der Waals surface area contributed by atoms with Crippen molar-refractivity contribution in [2.75, 3.05) is 26.4 Å². The van der Waals surface area contributed by atoms with E-state index in [1.54, 1.807) is 6.92 Å². The predicted octanol–water partition coefficient (Wildman–Crippen LogP) is 5.38. The fourth-order valence-corrected chi connectivity index (χ4v) is 4.28. The summed E-state index contributed by atoms with van der Waals surface area (Å²) in [5.74, 6) is -1.08. The summed E-state index contributed by atoms with van der Waals surface area (Å²) in [6.07, 6.45) is 16.7. The van der Waals surface area contributed by atoms with Gasteiger partial charge in [-0.1, -0.05) is 70.9 Å². The van der Waals surface area contributed by atoms with Gasteiger partial charge in [0.2, 0.25) is 0 Å². The van der Waals surface area contributed by atoms with E-state index in [0.29, 0.717) is 12.8 Å². The number of carbonyl (C=O) groups excluding carboxylic acids is 2. The third-order valence-electron chi connectivity index (χ3n) is 5.70. The smallest absolute Gasteiger partial charge is 0.457 e. The van der Waals surface area contributed by atoms with E-state index in [1.807, 2.05) is 0 Å². The molecular formula is C27H51O10P. The molecule has 0 fully saturated rings. The molecule has 3 N–H and O–H groups in total. The minimum atomic E-state index is -4.59. The van der Waals surface area contributed by atoms with Crippen molar-refractivity contribution >= 4 is 19.8 Å². The van der Waals surface area contributed by atoms with E-state index in [9.17, 15) is 29.3 Å². The van der Waals surface area contributed by atoms with Gasteiger partial charge in [-0.25, -0.2) is 4.57 Å². The number of ether oxygens (including phenoxy) is 2. The number of rotatable bonds is 26. The molecule has 0 spiro atoms. The molecule has 0 aromatic rings. The number of unbranched alkanes of at least 4 members (excludes halogenated alkanes) is 10. The van der Waals surface area contributed by atoms with Crippen molar-refractivity contribution in [3.05, 3.63) is 12.2 Å². The highest BCUT2D eigenvalue weighted by Crippen LogP contribution is 2.43. The van der Waals surface area contributed by atoms with Crippen LogP contribution in [0.1, 0.15) is 110 Å². The number of aliphatic hydroxyl groups is 2. The molecule has 0 aliphatic heterocycles. The van der Waals surface area contributed by atoms with Gasteiger partial charge >= 0.3 is 19.8 Å². The topological polar surface area (TPSA) is 149 Å². The number of hydrogen-bond donors (Lipinski definition) is 3. The molecule has 11 heteroatoms. The summed E-state index contributed by atoms with van der Waals surface area (Å²) in [6, 6.07) is 0. The summed E-state index contributed by atoms with van der Waals surface area (Å²) in [4.78, 5) is 33.3. The molecule has 0 aliphatic rings. The van der Waals surface area contributed by atoms with Crippen LogP contribution in [0.4, 0.5) is 0 Å². The van der Waals surface area contributed by atoms with Crippen LogP contribution in [0.3, 0.4) is 0 Å². The van der Waals surface area contributed by atoms with Gasteiger partial charge in [-0.3, -0.25) is 18.6 Å². The summed E-state index contributed by atoms with van der Waals surface area (Å²) in [6.45, 7) is 1.71. The first-order valence-corrected chi connectivity index (χ1v) is 15.6. The summed E-state index contributed by atoms with van der Waals surface area (Å²) in [7, 11) is -4.59. The maximum Gasteiger partial charge on any atom is 0.472 e. The summed E-state index contributed by atoms with van der Waals surface area (Å²) in [5, 5.41) is 18.6. The zero-order chi connectivity index (χ0) is 28.5. The lowest BCUT2D eigenvalue weighted by atomic mass is 10.1. The van der Waals surface area contributed by atoms with Gasteiger partial charge in [-0.05, 0) is 38.5 Å². The molecule has 0 saturated carbocycles. The molecule has 38 heavy (non-hydrogen) atoms. The first-order chi connectivity index (χ1) is 18.3. The first-order valence-electron chi connectivity index (χ1n) is 14.1. The maximum atomic E-state index is 12.0. The standard InChI is InChI=1S/C27H51O10P/c1-3-5-6-7-8-9-10-11-12-13-14-15-16-17-19-27(31)37-25(21-29)23-35-38(32,33)34-22-24(20-28)36-26(30)18-4-2/h10-11,24-25,28-29H,3-9,12-23H2,1-2H3,(H,32,33)/b11-10-. The van der Waals surface area contributed by atoms with Gasteiger partial charge in [0.15, 0.2) is 0 Å². The van der Waals surface area contributed by atoms with E-state index >= 15 is 0 Å². The van der Waals surface area contributed by atoms with Gasteiger partial charge in [0, 0.05) is 12.8 Å². The average Bonchev–Trinajstić information content (AvgIpc) is 2.89. The summed E-state index contributed by atoms with van der Waals surface area (Å²) in [5.41, 5.74) is 0. The number of hydrogen-bond acceptors (Lipinski definition) is 9. The van der Waals surface area contributed by atoms with Gasteiger partial charge in [-0.2, -0.15) is 0 Å². The zero-order valence-electron chi connectivity index (χ0n) is 23.4. The van der Waals surface area contributed by atoms with Crippen molar-refractivity contribution in [1.29, 1.82) is 0 Å². The minimum absolute atomic E-state index is 0.143. The Morgan fingerprint density at radius 1 is 0.684 bits per heavy atom. The molecule has 0 aromatic carbocycles. The Morgan fingerprint density at radius 2 is 1.13 bits per heavy atom. The number of allylic oxidation sites excluding steroid dienone is 2. The molecule has 0 aliphatic carbocycles. The van der Waals surface area contributed by atoms with Crippen LogP contribution in [0.25, 0.3) is 0 Å². The van der Waals surface area contributed by atoms with Gasteiger partial charge < -0.3 is 24.6 Å². The second-order valence-electron chi connectivity index (χ2n) is 9.38. The van der Waals surface area contributed by atoms with Crippen LogP contribution in [0.15, 0.2) is 12.2 Å². The van der Waals surface area contributed by atoms with Crippen molar-refractivity contribution < 1.29 is 47.8 Å². The number of aliphatic hydroxyl groups excluding tert-OH is 2. The van der Waals surface area contributed by atoms with Gasteiger partial charge in [0.05, 0.1) is 26.4 Å². The molecule has 3 unspecified atom stereocenters. The normalized spacial score (nSPS) is 14.8. The molecule has 0 radical (unpaired) electrons. The Bertz CT molecular complexity index is 670. The average molecular weight is 567 g/mol. The van der Waals surface area contributed by atoms with E-state index in [-0.39, 0.29) is 12.8 Å². The molecule has 0 bridgehead atoms. The predicted molar refractivity (Wildman–Crippen MR) is 145 cm³/mol. The number of carbonyl (C=O) groups is 2. The Labute approximate surface area is 228 Å². The summed E-state index contributed by atoms with van der Waals surface area (Å²) >= 11 is 0. The molecule has 0 saturated heterocycles. The lowest BCUT2D eigenvalue weighted by Crippen LogP contribution is -2.28. The van der Waals surface area contributed by atoms with Crippen molar-refractivity contribution in [2.45, 2.75) is 122 Å². The highest BCUT2D eigenvalue weighted by molar-refractivity contribution is 7.47. The second-order valence-corrected chi connectivity index (χ2v) is 10.8. The van der Waals surface area contributed by atoms with E-state index in [1.165, 1.54) is 32.1 Å². The fraction of sp³-hybridized carbons (Fsp3) is 0.852. The molecular weight excluding hydrogens is 515 g/mol. The minimum Gasteiger partial charge on any atom is -0.457 e. The third-order valence-corrected chi connectivity index (χ3v) is 6.65. The van der Waals surface area contributed by atoms with E-state index < -0.39 is 58.4 Å². The van der Waals surface area contributed by atoms with Crippen LogP contribution in [0.2, 0.25) is 0 Å². The molecule has 224 valence electrons. The quantitative estimate of drug-likeness (QED) is 0.0539.